The van der Waals surface area contributed by atoms with Gasteiger partial charge in [0.05, 0.1) is 50.1 Å². The maximum atomic E-state index is 15.9. The molecule has 2 aromatic heterocycles. The van der Waals surface area contributed by atoms with Gasteiger partial charge in [-0.1, -0.05) is 50.2 Å². The SMILES string of the molecule is COC(=O)NC(C(=O)N1CCCC1c1ncc(-c2ccc(-c3ccc4cc(-c5cnc(C6CCCN6C(=O)C(NC(=O)OC)C6CCOCC6)[nH]5)ccc4c3)c(F)c2)[nH]1)C(C)C. The second-order valence-corrected chi connectivity index (χ2v) is 16.6. The number of hydrogen-bond acceptors (Lipinski definition) is 9. The maximum Gasteiger partial charge on any atom is 0.407 e. The van der Waals surface area contributed by atoms with Crippen LogP contribution in [0.25, 0.3) is 44.4 Å². The molecule has 0 radical (unpaired) electrons. The lowest BCUT2D eigenvalue weighted by Crippen LogP contribution is -2.53. The van der Waals surface area contributed by atoms with Gasteiger partial charge in [0.2, 0.25) is 11.8 Å². The van der Waals surface area contributed by atoms with Gasteiger partial charge in [0.15, 0.2) is 0 Å². The third-order valence-corrected chi connectivity index (χ3v) is 12.5. The molecule has 3 aliphatic heterocycles. The molecule has 62 heavy (non-hydrogen) atoms. The van der Waals surface area contributed by atoms with Crippen molar-refractivity contribution in [2.24, 2.45) is 11.8 Å². The number of imidazole rings is 2. The van der Waals surface area contributed by atoms with E-state index in [0.717, 1.165) is 46.9 Å². The number of hydrogen-bond donors (Lipinski definition) is 4. The zero-order chi connectivity index (χ0) is 43.5. The molecule has 0 aliphatic carbocycles. The van der Waals surface area contributed by atoms with E-state index >= 15 is 4.39 Å². The molecule has 4 atom stereocenters. The Hall–Kier alpha value is -6.29. The molecule has 5 heterocycles. The zero-order valence-corrected chi connectivity index (χ0v) is 35.4. The molecule has 4 unspecified atom stereocenters. The Bertz CT molecular complexity index is 2440. The van der Waals surface area contributed by atoms with Crippen LogP contribution in [-0.2, 0) is 23.8 Å². The predicted octanol–water partition coefficient (Wildman–Crippen LogP) is 7.28. The van der Waals surface area contributed by atoms with E-state index in [1.807, 2.05) is 55.1 Å². The second-order valence-electron chi connectivity index (χ2n) is 16.6. The van der Waals surface area contributed by atoms with Crippen molar-refractivity contribution >= 4 is 34.8 Å². The van der Waals surface area contributed by atoms with Crippen molar-refractivity contribution in [3.05, 3.63) is 84.5 Å². The summed E-state index contributed by atoms with van der Waals surface area (Å²) >= 11 is 0. The summed E-state index contributed by atoms with van der Waals surface area (Å²) < 4.78 is 31.0. The number of likely N-dealkylation sites (tertiary alicyclic amines) is 2. The highest BCUT2D eigenvalue weighted by atomic mass is 19.1. The van der Waals surface area contributed by atoms with E-state index in [1.54, 1.807) is 23.4 Å². The van der Waals surface area contributed by atoms with Gasteiger partial charge in [-0.05, 0) is 84.9 Å². The number of nitrogens with one attached hydrogen (secondary N) is 4. The van der Waals surface area contributed by atoms with Crippen molar-refractivity contribution in [3.8, 4) is 33.6 Å². The molecule has 326 valence electrons. The van der Waals surface area contributed by atoms with Crippen LogP contribution in [0.2, 0.25) is 0 Å². The number of carbonyl (C=O) groups is 4. The summed E-state index contributed by atoms with van der Waals surface area (Å²) in [6, 6.07) is 15.0. The van der Waals surface area contributed by atoms with Gasteiger partial charge in [-0.25, -0.2) is 23.9 Å². The van der Waals surface area contributed by atoms with Gasteiger partial charge in [0, 0.05) is 43.0 Å². The Morgan fingerprint density at radius 1 is 0.726 bits per heavy atom. The highest BCUT2D eigenvalue weighted by molar-refractivity contribution is 5.91. The molecule has 3 fully saturated rings. The smallest absolute Gasteiger partial charge is 0.407 e. The molecule has 5 aromatic rings. The minimum absolute atomic E-state index is 0.0493. The van der Waals surface area contributed by atoms with Gasteiger partial charge in [0.25, 0.3) is 0 Å². The van der Waals surface area contributed by atoms with Crippen LogP contribution in [0.3, 0.4) is 0 Å². The number of aromatic nitrogens is 4. The molecule has 3 aliphatic rings. The molecule has 8 rings (SSSR count). The van der Waals surface area contributed by atoms with Crippen molar-refractivity contribution in [1.29, 1.82) is 0 Å². The molecule has 4 N–H and O–H groups in total. The lowest BCUT2D eigenvalue weighted by atomic mass is 9.90. The molecule has 15 nitrogen and oxygen atoms in total. The van der Waals surface area contributed by atoms with Gasteiger partial charge in [-0.3, -0.25) is 9.59 Å². The molecule has 16 heteroatoms. The maximum absolute atomic E-state index is 15.9. The molecular formula is C46H53FN8O7. The van der Waals surface area contributed by atoms with Crippen LogP contribution in [0, 0.1) is 17.7 Å². The van der Waals surface area contributed by atoms with E-state index < -0.39 is 24.3 Å². The normalized spacial score (nSPS) is 19.1. The molecule has 0 spiro atoms. The van der Waals surface area contributed by atoms with E-state index in [1.165, 1.54) is 20.3 Å². The van der Waals surface area contributed by atoms with Gasteiger partial charge in [-0.2, -0.15) is 0 Å². The van der Waals surface area contributed by atoms with E-state index in [-0.39, 0.29) is 41.6 Å². The monoisotopic (exact) mass is 848 g/mol. The van der Waals surface area contributed by atoms with Crippen LogP contribution in [0.5, 0.6) is 0 Å². The van der Waals surface area contributed by atoms with E-state index in [9.17, 15) is 19.2 Å². The molecule has 3 aromatic carbocycles. The Kier molecular flexibility index (Phi) is 12.6. The van der Waals surface area contributed by atoms with Crippen LogP contribution in [-0.4, -0.2) is 106 Å². The van der Waals surface area contributed by atoms with Crippen LogP contribution in [0.15, 0.2) is 67.0 Å². The predicted molar refractivity (Wildman–Crippen MR) is 229 cm³/mol. The summed E-state index contributed by atoms with van der Waals surface area (Å²) in [6.07, 6.45) is 6.56. The van der Waals surface area contributed by atoms with Crippen LogP contribution in [0.1, 0.15) is 76.1 Å². The van der Waals surface area contributed by atoms with Crippen molar-refractivity contribution in [2.45, 2.75) is 76.5 Å². The van der Waals surface area contributed by atoms with Crippen molar-refractivity contribution in [1.82, 2.24) is 40.4 Å². The number of fused-ring (bicyclic) bond motifs is 1. The number of rotatable bonds is 11. The molecular weight excluding hydrogens is 796 g/mol. The summed E-state index contributed by atoms with van der Waals surface area (Å²) in [7, 11) is 2.56. The number of halogens is 1. The van der Waals surface area contributed by atoms with Crippen LogP contribution in [0.4, 0.5) is 14.0 Å². The Balaban J connectivity index is 0.954. The Labute approximate surface area is 359 Å². The first-order chi connectivity index (χ1) is 30.0. The van der Waals surface area contributed by atoms with E-state index in [4.69, 9.17) is 19.2 Å². The minimum Gasteiger partial charge on any atom is -0.453 e. The highest BCUT2D eigenvalue weighted by Crippen LogP contribution is 2.37. The third kappa shape index (κ3) is 8.73. The fourth-order valence-electron chi connectivity index (χ4n) is 9.11. The fraction of sp³-hybridized carbons (Fsp3) is 0.435. The summed E-state index contributed by atoms with van der Waals surface area (Å²) in [6.45, 7) is 5.93. The highest BCUT2D eigenvalue weighted by Gasteiger charge is 2.41. The van der Waals surface area contributed by atoms with Crippen LogP contribution >= 0.6 is 0 Å². The summed E-state index contributed by atoms with van der Waals surface area (Å²) in [4.78, 5) is 71.5. The topological polar surface area (TPSA) is 184 Å². The number of carbonyl (C=O) groups excluding carboxylic acids is 4. The standard InChI is InChI=1S/C46H53FN8O7/c1-26(2)39(52-45(58)60-3)43(56)54-17-5-7-37(54)41-49-25-36(51-41)32-13-14-33(34(47)23-32)30-11-9-29-22-31(12-10-28(29)21-30)35-24-48-42(50-35)38-8-6-18-55(38)44(57)40(53-46(59)61-4)27-15-19-62-20-16-27/h9-14,21-27,37-40H,5-8,15-20H2,1-4H3,(H,48,50)(H,49,51)(H,52,58)(H,53,59). The van der Waals surface area contributed by atoms with Gasteiger partial charge >= 0.3 is 12.2 Å². The van der Waals surface area contributed by atoms with Crippen molar-refractivity contribution in [2.75, 3.05) is 40.5 Å². The number of alkyl carbamates (subject to hydrolysis) is 2. The molecule has 4 amide bonds. The zero-order valence-electron chi connectivity index (χ0n) is 35.4. The quantitative estimate of drug-likeness (QED) is 0.106. The Morgan fingerprint density at radius 2 is 1.26 bits per heavy atom. The first-order valence-corrected chi connectivity index (χ1v) is 21.3. The average molecular weight is 849 g/mol. The van der Waals surface area contributed by atoms with Gasteiger partial charge < -0.3 is 44.6 Å². The number of aromatic amines is 2. The van der Waals surface area contributed by atoms with Gasteiger partial charge in [0.1, 0.15) is 29.5 Å². The summed E-state index contributed by atoms with van der Waals surface area (Å²) in [5, 5.41) is 7.37. The third-order valence-electron chi connectivity index (χ3n) is 12.5. The van der Waals surface area contributed by atoms with Gasteiger partial charge in [-0.15, -0.1) is 0 Å². The number of amides is 4. The summed E-state index contributed by atoms with van der Waals surface area (Å²) in [5.74, 6) is 0.379. The van der Waals surface area contributed by atoms with Crippen molar-refractivity contribution < 1.29 is 37.8 Å². The minimum atomic E-state index is -0.740. The van der Waals surface area contributed by atoms with E-state index in [0.29, 0.717) is 74.0 Å². The van der Waals surface area contributed by atoms with Crippen molar-refractivity contribution in [3.63, 3.8) is 0 Å². The first kappa shape index (κ1) is 42.4. The second kappa shape index (κ2) is 18.4. The first-order valence-electron chi connectivity index (χ1n) is 21.3. The van der Waals surface area contributed by atoms with E-state index in [2.05, 4.69) is 31.7 Å². The molecule has 3 saturated heterocycles. The van der Waals surface area contributed by atoms with Crippen LogP contribution < -0.4 is 10.6 Å². The number of benzene rings is 3. The largest absolute Gasteiger partial charge is 0.453 e. The number of ether oxygens (including phenoxy) is 3. The lowest BCUT2D eigenvalue weighted by molar-refractivity contribution is -0.137. The lowest BCUT2D eigenvalue weighted by Gasteiger charge is -2.34. The Morgan fingerprint density at radius 3 is 1.84 bits per heavy atom. The number of methoxy groups -OCH3 is 2. The fourth-order valence-corrected chi connectivity index (χ4v) is 9.11. The molecule has 0 saturated carbocycles. The number of nitrogens with zero attached hydrogens (tertiary/aromatic N) is 4. The average Bonchev–Trinajstić information content (AvgIpc) is 4.14. The molecule has 0 bridgehead atoms. The number of H-pyrrole nitrogens is 2. The summed E-state index contributed by atoms with van der Waals surface area (Å²) in [5.41, 5.74) is 4.18.